The summed E-state index contributed by atoms with van der Waals surface area (Å²) < 4.78 is 12.2. The molecule has 5 nitrogen and oxygen atoms in total. The molecule has 0 bridgehead atoms. The van der Waals surface area contributed by atoms with Crippen molar-refractivity contribution in [3.05, 3.63) is 110 Å². The summed E-state index contributed by atoms with van der Waals surface area (Å²) in [4.78, 5) is 14.3. The number of aromatic amines is 1. The molecule has 1 unspecified atom stereocenters. The minimum atomic E-state index is -0.234. The van der Waals surface area contributed by atoms with Gasteiger partial charge in [-0.05, 0) is 53.3 Å². The molecule has 0 radical (unpaired) electrons. The summed E-state index contributed by atoms with van der Waals surface area (Å²) in [7, 11) is 0. The van der Waals surface area contributed by atoms with Crippen LogP contribution in [0.3, 0.4) is 0 Å². The van der Waals surface area contributed by atoms with Gasteiger partial charge in [0.15, 0.2) is 0 Å². The highest BCUT2D eigenvalue weighted by molar-refractivity contribution is 7.09. The summed E-state index contributed by atoms with van der Waals surface area (Å²) in [5.41, 5.74) is 4.62. The monoisotopic (exact) mass is 459 g/mol. The standard InChI is InChI=1S/C27H25NO4S/c29-26-25(33-27(30)28-26)16-20-8-13-24-21(14-20)9-12-23(32-24)15-18-6-10-22(11-7-18)31-17-19-4-2-1-3-5-19/h1-8,10-11,13-14,23,29H,9,12,15-17H2,(H,28,30). The molecular weight excluding hydrogens is 434 g/mol. The van der Waals surface area contributed by atoms with Crippen molar-refractivity contribution in [2.24, 2.45) is 0 Å². The van der Waals surface area contributed by atoms with Crippen LogP contribution in [0, 0.1) is 0 Å². The topological polar surface area (TPSA) is 71.6 Å². The number of H-pyrrole nitrogens is 1. The van der Waals surface area contributed by atoms with Gasteiger partial charge in [-0.2, -0.15) is 0 Å². The Kier molecular flexibility index (Phi) is 6.17. The van der Waals surface area contributed by atoms with Gasteiger partial charge in [-0.1, -0.05) is 65.9 Å². The number of benzene rings is 3. The summed E-state index contributed by atoms with van der Waals surface area (Å²) in [6.07, 6.45) is 3.42. The molecule has 0 amide bonds. The number of aromatic hydroxyl groups is 1. The molecule has 0 spiro atoms. The van der Waals surface area contributed by atoms with E-state index in [1.165, 1.54) is 11.1 Å². The fourth-order valence-electron chi connectivity index (χ4n) is 4.13. The highest BCUT2D eigenvalue weighted by atomic mass is 32.1. The van der Waals surface area contributed by atoms with E-state index in [1.807, 2.05) is 42.5 Å². The number of thiazole rings is 1. The van der Waals surface area contributed by atoms with Gasteiger partial charge in [0.2, 0.25) is 5.88 Å². The molecule has 1 aliphatic rings. The second-order valence-corrected chi connectivity index (χ2v) is 9.37. The van der Waals surface area contributed by atoms with Crippen LogP contribution >= 0.6 is 11.3 Å². The van der Waals surface area contributed by atoms with Crippen LogP contribution < -0.4 is 14.3 Å². The zero-order chi connectivity index (χ0) is 22.6. The van der Waals surface area contributed by atoms with Crippen LogP contribution in [-0.4, -0.2) is 16.2 Å². The Morgan fingerprint density at radius 2 is 1.79 bits per heavy atom. The van der Waals surface area contributed by atoms with Crippen LogP contribution in [-0.2, 0) is 25.9 Å². The van der Waals surface area contributed by atoms with Crippen LogP contribution in [0.1, 0.15) is 33.6 Å². The largest absolute Gasteiger partial charge is 0.494 e. The molecular formula is C27H25NO4S. The summed E-state index contributed by atoms with van der Waals surface area (Å²) in [6.45, 7) is 0.563. The zero-order valence-electron chi connectivity index (χ0n) is 18.1. The van der Waals surface area contributed by atoms with Crippen LogP contribution in [0.15, 0.2) is 77.6 Å². The SMILES string of the molecule is O=c1[nH]c(O)c(Cc2ccc3c(c2)CCC(Cc2ccc(OCc4ccccc4)cc2)O3)s1. The number of hydrogen-bond donors (Lipinski definition) is 2. The third kappa shape index (κ3) is 5.29. The second kappa shape index (κ2) is 9.55. The number of rotatable bonds is 7. The second-order valence-electron chi connectivity index (χ2n) is 8.31. The van der Waals surface area contributed by atoms with Crippen molar-refractivity contribution in [3.8, 4) is 17.4 Å². The Hall–Kier alpha value is -3.51. The van der Waals surface area contributed by atoms with Crippen molar-refractivity contribution < 1.29 is 14.6 Å². The molecule has 5 rings (SSSR count). The molecule has 3 aromatic carbocycles. The third-order valence-corrected chi connectivity index (χ3v) is 6.73. The van der Waals surface area contributed by atoms with Gasteiger partial charge in [0.05, 0.1) is 4.88 Å². The van der Waals surface area contributed by atoms with Gasteiger partial charge in [-0.3, -0.25) is 9.78 Å². The third-order valence-electron chi connectivity index (χ3n) is 5.85. The van der Waals surface area contributed by atoms with E-state index in [4.69, 9.17) is 9.47 Å². The van der Waals surface area contributed by atoms with E-state index in [1.54, 1.807) is 0 Å². The van der Waals surface area contributed by atoms with Crippen molar-refractivity contribution in [3.63, 3.8) is 0 Å². The lowest BCUT2D eigenvalue weighted by Gasteiger charge is -2.26. The highest BCUT2D eigenvalue weighted by Gasteiger charge is 2.21. The summed E-state index contributed by atoms with van der Waals surface area (Å²) in [5.74, 6) is 1.75. The summed E-state index contributed by atoms with van der Waals surface area (Å²) >= 11 is 1.05. The maximum absolute atomic E-state index is 11.4. The number of ether oxygens (including phenoxy) is 2. The molecule has 168 valence electrons. The van der Waals surface area contributed by atoms with Gasteiger partial charge in [-0.15, -0.1) is 0 Å². The van der Waals surface area contributed by atoms with E-state index in [2.05, 4.69) is 35.3 Å². The van der Waals surface area contributed by atoms with E-state index >= 15 is 0 Å². The number of nitrogens with one attached hydrogen (secondary N) is 1. The van der Waals surface area contributed by atoms with E-state index in [-0.39, 0.29) is 16.9 Å². The average molecular weight is 460 g/mol. The highest BCUT2D eigenvalue weighted by Crippen LogP contribution is 2.31. The number of fused-ring (bicyclic) bond motifs is 1. The smallest absolute Gasteiger partial charge is 0.307 e. The van der Waals surface area contributed by atoms with E-state index in [0.29, 0.717) is 17.9 Å². The lowest BCUT2D eigenvalue weighted by molar-refractivity contribution is 0.173. The molecule has 1 atom stereocenters. The predicted octanol–water partition coefficient (Wildman–Crippen LogP) is 5.25. The molecule has 2 N–H and O–H groups in total. The number of aryl methyl sites for hydroxylation is 1. The average Bonchev–Trinajstić information content (AvgIpc) is 3.15. The van der Waals surface area contributed by atoms with Gasteiger partial charge in [0, 0.05) is 12.8 Å². The Bertz CT molecular complexity index is 1280. The van der Waals surface area contributed by atoms with Gasteiger partial charge >= 0.3 is 4.87 Å². The molecule has 1 aromatic heterocycles. The molecule has 4 aromatic rings. The Morgan fingerprint density at radius 3 is 2.55 bits per heavy atom. The van der Waals surface area contributed by atoms with Crippen molar-refractivity contribution in [2.45, 2.75) is 38.4 Å². The summed E-state index contributed by atoms with van der Waals surface area (Å²) in [6, 6.07) is 24.5. The molecule has 6 heteroatoms. The first-order valence-electron chi connectivity index (χ1n) is 11.1. The molecule has 0 aliphatic carbocycles. The minimum Gasteiger partial charge on any atom is -0.494 e. The first-order valence-corrected chi connectivity index (χ1v) is 11.9. The zero-order valence-corrected chi connectivity index (χ0v) is 18.9. The lowest BCUT2D eigenvalue weighted by atomic mass is 9.95. The first-order chi connectivity index (χ1) is 16.1. The Morgan fingerprint density at radius 1 is 1.00 bits per heavy atom. The predicted molar refractivity (Wildman–Crippen MR) is 130 cm³/mol. The molecule has 0 saturated carbocycles. The van der Waals surface area contributed by atoms with Gasteiger partial charge in [0.1, 0.15) is 24.2 Å². The minimum absolute atomic E-state index is 0.0319. The van der Waals surface area contributed by atoms with Crippen LogP contribution in [0.25, 0.3) is 0 Å². The van der Waals surface area contributed by atoms with E-state index < -0.39 is 0 Å². The molecule has 1 aliphatic heterocycles. The fraction of sp³-hybridized carbons (Fsp3) is 0.222. The Balaban J connectivity index is 1.17. The van der Waals surface area contributed by atoms with Gasteiger partial charge < -0.3 is 14.6 Å². The van der Waals surface area contributed by atoms with Crippen LogP contribution in [0.5, 0.6) is 17.4 Å². The van der Waals surface area contributed by atoms with Crippen molar-refractivity contribution >= 4 is 11.3 Å². The first kappa shape index (κ1) is 21.3. The molecule has 0 fully saturated rings. The van der Waals surface area contributed by atoms with Crippen molar-refractivity contribution in [1.82, 2.24) is 4.98 Å². The molecule has 0 saturated heterocycles. The van der Waals surface area contributed by atoms with Gasteiger partial charge in [0.25, 0.3) is 0 Å². The van der Waals surface area contributed by atoms with E-state index in [9.17, 15) is 9.90 Å². The quantitative estimate of drug-likeness (QED) is 0.396. The van der Waals surface area contributed by atoms with Crippen LogP contribution in [0.2, 0.25) is 0 Å². The fourth-order valence-corrected chi connectivity index (χ4v) is 4.89. The van der Waals surface area contributed by atoms with Crippen LogP contribution in [0.4, 0.5) is 0 Å². The Labute approximate surface area is 196 Å². The normalized spacial score (nSPS) is 15.0. The summed E-state index contributed by atoms with van der Waals surface area (Å²) in [5, 5.41) is 9.83. The van der Waals surface area contributed by atoms with Crippen molar-refractivity contribution in [1.29, 1.82) is 0 Å². The lowest BCUT2D eigenvalue weighted by Crippen LogP contribution is -2.25. The van der Waals surface area contributed by atoms with Crippen molar-refractivity contribution in [2.75, 3.05) is 0 Å². The molecule has 33 heavy (non-hydrogen) atoms. The maximum atomic E-state index is 11.4. The molecule has 2 heterocycles. The number of aromatic nitrogens is 1. The van der Waals surface area contributed by atoms with Gasteiger partial charge in [-0.25, -0.2) is 0 Å². The number of hydrogen-bond acceptors (Lipinski definition) is 5. The van der Waals surface area contributed by atoms with E-state index in [0.717, 1.165) is 53.2 Å². The maximum Gasteiger partial charge on any atom is 0.307 e.